The predicted octanol–water partition coefficient (Wildman–Crippen LogP) is 3.41. The van der Waals surface area contributed by atoms with Gasteiger partial charge in [0.15, 0.2) is 0 Å². The lowest BCUT2D eigenvalue weighted by Gasteiger charge is -2.39. The summed E-state index contributed by atoms with van der Waals surface area (Å²) in [6.45, 7) is 7.02. The van der Waals surface area contributed by atoms with Crippen LogP contribution >= 0.6 is 11.3 Å². The maximum atomic E-state index is 3.77. The van der Waals surface area contributed by atoms with Gasteiger partial charge in [0.1, 0.15) is 0 Å². The largest absolute Gasteiger partial charge is 0.311 e. The summed E-state index contributed by atoms with van der Waals surface area (Å²) in [7, 11) is 0. The van der Waals surface area contributed by atoms with Crippen molar-refractivity contribution < 1.29 is 0 Å². The highest BCUT2D eigenvalue weighted by molar-refractivity contribution is 7.08. The summed E-state index contributed by atoms with van der Waals surface area (Å²) in [5, 5.41) is 8.37. The van der Waals surface area contributed by atoms with Gasteiger partial charge >= 0.3 is 0 Å². The van der Waals surface area contributed by atoms with Crippen LogP contribution in [0.3, 0.4) is 0 Å². The van der Waals surface area contributed by atoms with Crippen molar-refractivity contribution in [2.24, 2.45) is 5.92 Å². The summed E-state index contributed by atoms with van der Waals surface area (Å²) >= 11 is 1.84. The molecule has 19 heavy (non-hydrogen) atoms. The molecule has 3 heteroatoms. The quantitative estimate of drug-likeness (QED) is 0.911. The Bertz CT molecular complexity index is 395. The van der Waals surface area contributed by atoms with Crippen LogP contribution in [0.1, 0.15) is 43.2 Å². The van der Waals surface area contributed by atoms with Crippen molar-refractivity contribution in [3.05, 3.63) is 21.9 Å². The minimum atomic E-state index is 0.744. The lowest BCUT2D eigenvalue weighted by Crippen LogP contribution is -2.53. The third-order valence-corrected chi connectivity index (χ3v) is 5.77. The summed E-state index contributed by atoms with van der Waals surface area (Å²) < 4.78 is 0. The van der Waals surface area contributed by atoms with Gasteiger partial charge in [-0.2, -0.15) is 11.3 Å². The summed E-state index contributed by atoms with van der Waals surface area (Å²) in [6.07, 6.45) is 7.26. The normalized spacial score (nSPS) is 26.7. The minimum absolute atomic E-state index is 0.744. The van der Waals surface area contributed by atoms with Gasteiger partial charge in [-0.15, -0.1) is 0 Å². The van der Waals surface area contributed by atoms with Crippen molar-refractivity contribution in [1.29, 1.82) is 0 Å². The zero-order valence-electron chi connectivity index (χ0n) is 12.0. The van der Waals surface area contributed by atoms with Gasteiger partial charge in [0.2, 0.25) is 0 Å². The Hall–Kier alpha value is -0.380. The molecule has 0 spiro atoms. The van der Waals surface area contributed by atoms with Gasteiger partial charge in [-0.3, -0.25) is 4.90 Å². The molecule has 2 aliphatic rings. The van der Waals surface area contributed by atoms with E-state index in [9.17, 15) is 0 Å². The van der Waals surface area contributed by atoms with Crippen LogP contribution in [0, 0.1) is 12.8 Å². The van der Waals surface area contributed by atoms with Gasteiger partial charge in [0.05, 0.1) is 0 Å². The molecule has 0 aromatic carbocycles. The Kier molecular flexibility index (Phi) is 4.57. The molecule has 1 aliphatic heterocycles. The van der Waals surface area contributed by atoms with Crippen molar-refractivity contribution in [1.82, 2.24) is 10.2 Å². The molecule has 1 saturated carbocycles. The molecule has 1 unspecified atom stereocenters. The van der Waals surface area contributed by atoms with E-state index in [0.29, 0.717) is 0 Å². The molecule has 0 bridgehead atoms. The Morgan fingerprint density at radius 2 is 2.11 bits per heavy atom. The first-order chi connectivity index (χ1) is 9.33. The van der Waals surface area contributed by atoms with Crippen molar-refractivity contribution in [3.8, 4) is 0 Å². The molecule has 2 fully saturated rings. The van der Waals surface area contributed by atoms with Crippen molar-refractivity contribution in [2.45, 2.75) is 51.6 Å². The number of nitrogens with zero attached hydrogens (tertiary/aromatic N) is 1. The average Bonchev–Trinajstić information content (AvgIpc) is 2.86. The number of hydrogen-bond acceptors (Lipinski definition) is 3. The first-order valence-corrected chi connectivity index (χ1v) is 8.74. The van der Waals surface area contributed by atoms with Crippen LogP contribution in [0.25, 0.3) is 0 Å². The van der Waals surface area contributed by atoms with Gasteiger partial charge in [-0.1, -0.05) is 19.3 Å². The van der Waals surface area contributed by atoms with E-state index in [4.69, 9.17) is 0 Å². The number of piperazine rings is 1. The van der Waals surface area contributed by atoms with E-state index in [2.05, 4.69) is 27.9 Å². The lowest BCUT2D eigenvalue weighted by atomic mass is 9.83. The van der Waals surface area contributed by atoms with Gasteiger partial charge < -0.3 is 5.32 Å². The Balaban J connectivity index is 1.57. The Morgan fingerprint density at radius 1 is 1.26 bits per heavy atom. The molecule has 0 radical (unpaired) electrons. The molecule has 1 saturated heterocycles. The molecule has 106 valence electrons. The minimum Gasteiger partial charge on any atom is -0.311 e. The highest BCUT2D eigenvalue weighted by Gasteiger charge is 2.28. The van der Waals surface area contributed by atoms with Gasteiger partial charge in [0.25, 0.3) is 0 Å². The van der Waals surface area contributed by atoms with Crippen LogP contribution < -0.4 is 5.32 Å². The molecule has 1 aliphatic carbocycles. The fourth-order valence-electron chi connectivity index (χ4n) is 3.63. The maximum Gasteiger partial charge on any atom is 0.0245 e. The number of nitrogens with one attached hydrogen (secondary N) is 1. The second-order valence-corrected chi connectivity index (χ2v) is 7.02. The molecular formula is C16H26N2S. The van der Waals surface area contributed by atoms with Crippen LogP contribution in [0.2, 0.25) is 0 Å². The molecule has 1 N–H and O–H groups in total. The maximum absolute atomic E-state index is 3.77. The molecule has 0 amide bonds. The number of rotatable bonds is 3. The highest BCUT2D eigenvalue weighted by Crippen LogP contribution is 2.28. The summed E-state index contributed by atoms with van der Waals surface area (Å²) in [5.74, 6) is 0.931. The van der Waals surface area contributed by atoms with E-state index in [-0.39, 0.29) is 0 Å². The Morgan fingerprint density at radius 3 is 2.84 bits per heavy atom. The van der Waals surface area contributed by atoms with E-state index in [1.807, 2.05) is 11.3 Å². The van der Waals surface area contributed by atoms with Crippen LogP contribution in [-0.2, 0) is 6.54 Å². The van der Waals surface area contributed by atoms with Crippen LogP contribution in [-0.4, -0.2) is 30.6 Å². The lowest BCUT2D eigenvalue weighted by molar-refractivity contribution is 0.141. The van der Waals surface area contributed by atoms with E-state index < -0.39 is 0 Å². The van der Waals surface area contributed by atoms with Crippen molar-refractivity contribution in [2.75, 3.05) is 19.6 Å². The Labute approximate surface area is 121 Å². The molecule has 3 rings (SSSR count). The van der Waals surface area contributed by atoms with Crippen LogP contribution in [0.15, 0.2) is 10.8 Å². The van der Waals surface area contributed by atoms with Crippen LogP contribution in [0.4, 0.5) is 0 Å². The molecule has 1 aromatic rings. The second-order valence-electron chi connectivity index (χ2n) is 6.27. The number of thiophene rings is 1. The predicted molar refractivity (Wildman–Crippen MR) is 82.7 cm³/mol. The fraction of sp³-hybridized carbons (Fsp3) is 0.750. The van der Waals surface area contributed by atoms with E-state index >= 15 is 0 Å². The van der Waals surface area contributed by atoms with E-state index in [1.165, 1.54) is 62.9 Å². The van der Waals surface area contributed by atoms with E-state index in [0.717, 1.165) is 18.5 Å². The monoisotopic (exact) mass is 278 g/mol. The van der Waals surface area contributed by atoms with Crippen molar-refractivity contribution >= 4 is 11.3 Å². The van der Waals surface area contributed by atoms with E-state index in [1.54, 1.807) is 0 Å². The number of aryl methyl sites for hydroxylation is 1. The SMILES string of the molecule is Cc1cscc1CN1CCNC(C2CCCCC2)C1. The zero-order chi connectivity index (χ0) is 13.1. The molecule has 2 heterocycles. The zero-order valence-corrected chi connectivity index (χ0v) is 12.8. The smallest absolute Gasteiger partial charge is 0.0245 e. The second kappa shape index (κ2) is 6.38. The summed E-state index contributed by atoms with van der Waals surface area (Å²) in [6, 6.07) is 0.744. The summed E-state index contributed by atoms with van der Waals surface area (Å²) in [4.78, 5) is 2.66. The highest BCUT2D eigenvalue weighted by atomic mass is 32.1. The molecule has 1 atom stereocenters. The topological polar surface area (TPSA) is 15.3 Å². The van der Waals surface area contributed by atoms with Crippen molar-refractivity contribution in [3.63, 3.8) is 0 Å². The van der Waals surface area contributed by atoms with Gasteiger partial charge in [-0.05, 0) is 47.6 Å². The van der Waals surface area contributed by atoms with Gasteiger partial charge in [-0.25, -0.2) is 0 Å². The molecule has 1 aromatic heterocycles. The summed E-state index contributed by atoms with van der Waals surface area (Å²) in [5.41, 5.74) is 3.01. The van der Waals surface area contributed by atoms with Gasteiger partial charge in [0, 0.05) is 32.2 Å². The molecular weight excluding hydrogens is 252 g/mol. The van der Waals surface area contributed by atoms with Crippen LogP contribution in [0.5, 0.6) is 0 Å². The first kappa shape index (κ1) is 13.6. The third kappa shape index (κ3) is 3.39. The standard InChI is InChI=1S/C16H26N2S/c1-13-11-19-12-15(13)9-18-8-7-17-16(10-18)14-5-3-2-4-6-14/h11-12,14,16-17H,2-10H2,1H3. The number of hydrogen-bond donors (Lipinski definition) is 1. The third-order valence-electron chi connectivity index (χ3n) is 4.86. The first-order valence-electron chi connectivity index (χ1n) is 7.80. The fourth-order valence-corrected chi connectivity index (χ4v) is 4.48. The molecule has 2 nitrogen and oxygen atoms in total. The average molecular weight is 278 g/mol.